The maximum Gasteiger partial charge on any atom is 0.262 e. The molecule has 2 amide bonds. The van der Waals surface area contributed by atoms with Crippen molar-refractivity contribution in [2.75, 3.05) is 31.7 Å². The number of hydrogen-bond acceptors (Lipinski definition) is 5. The van der Waals surface area contributed by atoms with E-state index in [9.17, 15) is 14.7 Å². The molecule has 7 heteroatoms. The number of nitrogens with zero attached hydrogens (tertiary/aromatic N) is 1. The summed E-state index contributed by atoms with van der Waals surface area (Å²) in [5.41, 5.74) is 2.43. The fourth-order valence-corrected chi connectivity index (χ4v) is 3.49. The Kier molecular flexibility index (Phi) is 5.48. The molecule has 0 bridgehead atoms. The summed E-state index contributed by atoms with van der Waals surface area (Å²) in [6.07, 6.45) is 3.93. The summed E-state index contributed by atoms with van der Waals surface area (Å²) in [4.78, 5) is 26.1. The number of aromatic hydroxyl groups is 1. The third-order valence-corrected chi connectivity index (χ3v) is 4.97. The first-order chi connectivity index (χ1) is 14.1. The summed E-state index contributed by atoms with van der Waals surface area (Å²) in [5, 5.41) is 12.2. The van der Waals surface area contributed by atoms with E-state index >= 15 is 0 Å². The number of ether oxygens (including phenoxy) is 2. The van der Waals surface area contributed by atoms with Crippen LogP contribution in [-0.4, -0.2) is 54.2 Å². The maximum atomic E-state index is 12.8. The number of phenols is 1. The number of rotatable bonds is 4. The van der Waals surface area contributed by atoms with Crippen molar-refractivity contribution in [3.63, 3.8) is 0 Å². The number of amides is 2. The summed E-state index contributed by atoms with van der Waals surface area (Å²) in [6, 6.07) is 12.3. The van der Waals surface area contributed by atoms with Crippen molar-refractivity contribution in [1.29, 1.82) is 0 Å². The molecular formula is C22H22N2O5. The highest BCUT2D eigenvalue weighted by Crippen LogP contribution is 2.29. The standard InChI is InChI=1S/C22H22N2O5/c25-18-5-1-15(2-6-18)11-17-13-28-10-9-24(17)22(27)8-4-16-3-7-20-19(12-16)23-21(26)14-29-20/h1-8,12,17,25H,9-11,13-14H2,(H,23,26)/b8-4+/t17-/m1/s1. The normalized spacial score (nSPS) is 18.8. The van der Waals surface area contributed by atoms with Crippen LogP contribution in [-0.2, 0) is 20.7 Å². The van der Waals surface area contributed by atoms with Crippen LogP contribution in [0, 0.1) is 0 Å². The third kappa shape index (κ3) is 4.57. The smallest absolute Gasteiger partial charge is 0.262 e. The lowest BCUT2D eigenvalue weighted by Crippen LogP contribution is -2.49. The molecule has 0 spiro atoms. The van der Waals surface area contributed by atoms with Gasteiger partial charge in [0.05, 0.1) is 24.9 Å². The minimum atomic E-state index is -0.194. The van der Waals surface area contributed by atoms with Gasteiger partial charge in [-0.3, -0.25) is 9.59 Å². The Hall–Kier alpha value is -3.32. The Morgan fingerprint density at radius 1 is 1.24 bits per heavy atom. The third-order valence-electron chi connectivity index (χ3n) is 4.97. The van der Waals surface area contributed by atoms with E-state index in [0.717, 1.165) is 11.1 Å². The Labute approximate surface area is 168 Å². The van der Waals surface area contributed by atoms with Crippen LogP contribution in [0.1, 0.15) is 11.1 Å². The van der Waals surface area contributed by atoms with Gasteiger partial charge in [0.15, 0.2) is 6.61 Å². The zero-order chi connectivity index (χ0) is 20.2. The highest BCUT2D eigenvalue weighted by molar-refractivity contribution is 5.96. The minimum absolute atomic E-state index is 0.0140. The van der Waals surface area contributed by atoms with Gasteiger partial charge in [0.25, 0.3) is 5.91 Å². The van der Waals surface area contributed by atoms with Crippen LogP contribution in [0.4, 0.5) is 5.69 Å². The molecular weight excluding hydrogens is 372 g/mol. The molecule has 7 nitrogen and oxygen atoms in total. The first-order valence-corrected chi connectivity index (χ1v) is 9.49. The Bertz CT molecular complexity index is 939. The zero-order valence-electron chi connectivity index (χ0n) is 15.8. The molecule has 2 heterocycles. The largest absolute Gasteiger partial charge is 0.508 e. The molecule has 2 aromatic carbocycles. The number of carbonyl (C=O) groups excluding carboxylic acids is 2. The first kappa shape index (κ1) is 19.0. The predicted octanol–water partition coefficient (Wildman–Crippen LogP) is 2.21. The van der Waals surface area contributed by atoms with Gasteiger partial charge in [-0.2, -0.15) is 0 Å². The number of benzene rings is 2. The van der Waals surface area contributed by atoms with Crippen LogP contribution in [0.15, 0.2) is 48.5 Å². The molecule has 2 aliphatic rings. The molecule has 0 aliphatic carbocycles. The molecule has 1 saturated heterocycles. The van der Waals surface area contributed by atoms with E-state index in [1.54, 1.807) is 36.4 Å². The minimum Gasteiger partial charge on any atom is -0.508 e. The van der Waals surface area contributed by atoms with Gasteiger partial charge in [0.1, 0.15) is 11.5 Å². The summed E-state index contributed by atoms with van der Waals surface area (Å²) in [6.45, 7) is 1.52. The highest BCUT2D eigenvalue weighted by Gasteiger charge is 2.26. The molecule has 29 heavy (non-hydrogen) atoms. The molecule has 1 fully saturated rings. The fourth-order valence-electron chi connectivity index (χ4n) is 3.49. The van der Waals surface area contributed by atoms with E-state index in [-0.39, 0.29) is 30.2 Å². The summed E-state index contributed by atoms with van der Waals surface area (Å²) < 4.78 is 10.9. The van der Waals surface area contributed by atoms with Gasteiger partial charge in [0, 0.05) is 12.6 Å². The maximum absolute atomic E-state index is 12.8. The Balaban J connectivity index is 1.45. The van der Waals surface area contributed by atoms with Gasteiger partial charge in [0.2, 0.25) is 5.91 Å². The Morgan fingerprint density at radius 2 is 2.07 bits per heavy atom. The fraction of sp³-hybridized carbons (Fsp3) is 0.273. The zero-order valence-corrected chi connectivity index (χ0v) is 15.8. The number of hydrogen-bond donors (Lipinski definition) is 2. The quantitative estimate of drug-likeness (QED) is 0.777. The van der Waals surface area contributed by atoms with Crippen LogP contribution >= 0.6 is 0 Å². The lowest BCUT2D eigenvalue weighted by molar-refractivity contribution is -0.134. The SMILES string of the molecule is O=C1COc2ccc(/C=C/C(=O)N3CCOC[C@H]3Cc3ccc(O)cc3)cc2N1. The topological polar surface area (TPSA) is 88.1 Å². The van der Waals surface area contributed by atoms with Crippen LogP contribution in [0.2, 0.25) is 0 Å². The molecule has 2 N–H and O–H groups in total. The van der Waals surface area contributed by atoms with Crippen LogP contribution in [0.5, 0.6) is 11.5 Å². The lowest BCUT2D eigenvalue weighted by Gasteiger charge is -2.35. The molecule has 2 aromatic rings. The van der Waals surface area contributed by atoms with Gasteiger partial charge in [-0.15, -0.1) is 0 Å². The number of phenolic OH excluding ortho intramolecular Hbond substituents is 1. The average Bonchev–Trinajstić information content (AvgIpc) is 2.73. The van der Waals surface area contributed by atoms with Crippen molar-refractivity contribution in [1.82, 2.24) is 4.90 Å². The van der Waals surface area contributed by atoms with E-state index in [1.807, 2.05) is 23.1 Å². The van der Waals surface area contributed by atoms with Crippen LogP contribution in [0.25, 0.3) is 6.08 Å². The number of anilines is 1. The van der Waals surface area contributed by atoms with Crippen molar-refractivity contribution >= 4 is 23.6 Å². The molecule has 4 rings (SSSR count). The summed E-state index contributed by atoms with van der Waals surface area (Å²) >= 11 is 0. The monoisotopic (exact) mass is 394 g/mol. The van der Waals surface area contributed by atoms with Gasteiger partial charge >= 0.3 is 0 Å². The second-order valence-electron chi connectivity index (χ2n) is 7.06. The van der Waals surface area contributed by atoms with Gasteiger partial charge < -0.3 is 24.8 Å². The van der Waals surface area contributed by atoms with Gasteiger partial charge in [-0.1, -0.05) is 18.2 Å². The number of fused-ring (bicyclic) bond motifs is 1. The number of morpholine rings is 1. The average molecular weight is 394 g/mol. The molecule has 150 valence electrons. The van der Waals surface area contributed by atoms with Gasteiger partial charge in [-0.25, -0.2) is 0 Å². The second-order valence-corrected chi connectivity index (χ2v) is 7.06. The molecule has 2 aliphatic heterocycles. The van der Waals surface area contributed by atoms with Crippen LogP contribution < -0.4 is 10.1 Å². The van der Waals surface area contributed by atoms with E-state index in [1.165, 1.54) is 0 Å². The van der Waals surface area contributed by atoms with E-state index in [4.69, 9.17) is 9.47 Å². The molecule has 1 atom stereocenters. The van der Waals surface area contributed by atoms with Crippen molar-refractivity contribution in [3.05, 3.63) is 59.7 Å². The molecule has 0 radical (unpaired) electrons. The van der Waals surface area contributed by atoms with Crippen molar-refractivity contribution in [2.45, 2.75) is 12.5 Å². The number of nitrogens with one attached hydrogen (secondary N) is 1. The number of carbonyl (C=O) groups is 2. The van der Waals surface area contributed by atoms with Crippen molar-refractivity contribution < 1.29 is 24.2 Å². The predicted molar refractivity (Wildman–Crippen MR) is 108 cm³/mol. The second kappa shape index (κ2) is 8.36. The van der Waals surface area contributed by atoms with E-state index < -0.39 is 0 Å². The van der Waals surface area contributed by atoms with E-state index in [0.29, 0.717) is 37.6 Å². The van der Waals surface area contributed by atoms with E-state index in [2.05, 4.69) is 5.32 Å². The lowest BCUT2D eigenvalue weighted by atomic mass is 10.0. The van der Waals surface area contributed by atoms with Gasteiger partial charge in [-0.05, 0) is 47.9 Å². The summed E-state index contributed by atoms with van der Waals surface area (Å²) in [7, 11) is 0. The van der Waals surface area contributed by atoms with Crippen LogP contribution in [0.3, 0.4) is 0 Å². The highest BCUT2D eigenvalue weighted by atomic mass is 16.5. The van der Waals surface area contributed by atoms with Crippen molar-refractivity contribution in [2.24, 2.45) is 0 Å². The summed E-state index contributed by atoms with van der Waals surface area (Å²) in [5.74, 6) is 0.557. The van der Waals surface area contributed by atoms with Crippen molar-refractivity contribution in [3.8, 4) is 11.5 Å². The Morgan fingerprint density at radius 3 is 2.90 bits per heavy atom. The molecule has 0 saturated carbocycles. The first-order valence-electron chi connectivity index (χ1n) is 9.49. The molecule has 0 unspecified atom stereocenters. The molecule has 0 aromatic heterocycles.